The first-order valence-corrected chi connectivity index (χ1v) is 8.70. The molecule has 134 valence electrons. The molecule has 9 nitrogen and oxygen atoms in total. The highest BCUT2D eigenvalue weighted by atomic mass is 15.4. The molecule has 0 aliphatic carbocycles. The second-order valence-corrected chi connectivity index (χ2v) is 6.49. The van der Waals surface area contributed by atoms with Crippen LogP contribution in [0.1, 0.15) is 25.5 Å². The van der Waals surface area contributed by atoms with Crippen LogP contribution >= 0.6 is 0 Å². The van der Waals surface area contributed by atoms with Crippen molar-refractivity contribution in [3.8, 4) is 5.82 Å². The summed E-state index contributed by atoms with van der Waals surface area (Å²) in [5.74, 6) is 2.70. The molecule has 9 heteroatoms. The van der Waals surface area contributed by atoms with Crippen LogP contribution in [0.3, 0.4) is 0 Å². The van der Waals surface area contributed by atoms with E-state index in [1.807, 2.05) is 12.3 Å². The van der Waals surface area contributed by atoms with Crippen LogP contribution in [0, 0.1) is 0 Å². The van der Waals surface area contributed by atoms with E-state index in [0.717, 1.165) is 43.6 Å². The van der Waals surface area contributed by atoms with Crippen molar-refractivity contribution < 1.29 is 0 Å². The van der Waals surface area contributed by atoms with Gasteiger partial charge in [0, 0.05) is 38.1 Å². The van der Waals surface area contributed by atoms with Crippen LogP contribution in [0.2, 0.25) is 0 Å². The summed E-state index contributed by atoms with van der Waals surface area (Å²) in [6.07, 6.45) is 8.41. The highest BCUT2D eigenvalue weighted by Gasteiger charge is 2.21. The summed E-state index contributed by atoms with van der Waals surface area (Å²) in [5.41, 5.74) is 1.07. The first-order chi connectivity index (χ1) is 12.7. The predicted octanol–water partition coefficient (Wildman–Crippen LogP) is 1.30. The normalized spacial score (nSPS) is 14.9. The lowest BCUT2D eigenvalue weighted by molar-refractivity contribution is 0.629. The Labute approximate surface area is 151 Å². The average Bonchev–Trinajstić information content (AvgIpc) is 3.23. The summed E-state index contributed by atoms with van der Waals surface area (Å²) in [4.78, 5) is 26.5. The van der Waals surface area contributed by atoms with Crippen molar-refractivity contribution in [2.24, 2.45) is 0 Å². The van der Waals surface area contributed by atoms with Crippen LogP contribution in [0.5, 0.6) is 0 Å². The molecule has 1 aliphatic heterocycles. The van der Waals surface area contributed by atoms with Gasteiger partial charge in [-0.15, -0.1) is 0 Å². The molecule has 0 N–H and O–H groups in total. The lowest BCUT2D eigenvalue weighted by Crippen LogP contribution is -2.47. The molecule has 0 radical (unpaired) electrons. The van der Waals surface area contributed by atoms with E-state index in [1.54, 1.807) is 23.4 Å². The van der Waals surface area contributed by atoms with Crippen molar-refractivity contribution in [1.82, 2.24) is 34.7 Å². The van der Waals surface area contributed by atoms with Crippen LogP contribution in [0.25, 0.3) is 5.82 Å². The van der Waals surface area contributed by atoms with Crippen molar-refractivity contribution in [3.05, 3.63) is 43.0 Å². The fourth-order valence-electron chi connectivity index (χ4n) is 2.91. The molecule has 26 heavy (non-hydrogen) atoms. The Morgan fingerprint density at radius 3 is 2.42 bits per heavy atom. The second kappa shape index (κ2) is 7.03. The number of hydrogen-bond donors (Lipinski definition) is 0. The molecule has 0 saturated carbocycles. The van der Waals surface area contributed by atoms with Gasteiger partial charge in [-0.25, -0.2) is 24.6 Å². The molecule has 0 bridgehead atoms. The molecule has 0 spiro atoms. The Morgan fingerprint density at radius 2 is 1.69 bits per heavy atom. The molecule has 4 heterocycles. The molecule has 1 saturated heterocycles. The van der Waals surface area contributed by atoms with Crippen LogP contribution in [0.4, 0.5) is 11.8 Å². The standard InChI is InChI=1S/C17H21N9/c1-13(2)14-3-4-20-17(22-14)25-7-5-24(6-8-25)15-9-18-10-16(23-15)26-12-19-11-21-26/h3-4,9-13H,5-8H2,1-2H3. The van der Waals surface area contributed by atoms with E-state index >= 15 is 0 Å². The molecule has 3 aromatic heterocycles. The molecule has 0 aromatic carbocycles. The lowest BCUT2D eigenvalue weighted by atomic mass is 10.1. The molecule has 3 aromatic rings. The zero-order chi connectivity index (χ0) is 17.9. The summed E-state index contributed by atoms with van der Waals surface area (Å²) in [5, 5.41) is 4.11. The van der Waals surface area contributed by atoms with Gasteiger partial charge in [0.05, 0.1) is 12.4 Å². The first-order valence-electron chi connectivity index (χ1n) is 8.70. The number of anilines is 2. The monoisotopic (exact) mass is 351 g/mol. The molecule has 0 unspecified atom stereocenters. The SMILES string of the molecule is CC(C)c1ccnc(N2CCN(c3cncc(-n4cncn4)n3)CC2)n1. The van der Waals surface area contributed by atoms with E-state index < -0.39 is 0 Å². The molecular weight excluding hydrogens is 330 g/mol. The van der Waals surface area contributed by atoms with E-state index in [-0.39, 0.29) is 0 Å². The maximum Gasteiger partial charge on any atom is 0.225 e. The molecule has 1 fully saturated rings. The number of nitrogens with zero attached hydrogens (tertiary/aromatic N) is 9. The van der Waals surface area contributed by atoms with Crippen molar-refractivity contribution >= 4 is 11.8 Å². The zero-order valence-corrected chi connectivity index (χ0v) is 14.9. The topological polar surface area (TPSA) is 88.8 Å². The van der Waals surface area contributed by atoms with Gasteiger partial charge in [-0.1, -0.05) is 13.8 Å². The van der Waals surface area contributed by atoms with Gasteiger partial charge in [-0.3, -0.25) is 4.98 Å². The number of rotatable bonds is 4. The number of piperazine rings is 1. The van der Waals surface area contributed by atoms with Crippen molar-refractivity contribution in [3.63, 3.8) is 0 Å². The Bertz CT molecular complexity index is 854. The van der Waals surface area contributed by atoms with E-state index in [2.05, 4.69) is 48.7 Å². The minimum atomic E-state index is 0.396. The molecule has 4 rings (SSSR count). The Morgan fingerprint density at radius 1 is 0.923 bits per heavy atom. The molecular formula is C17H21N9. The molecule has 1 aliphatic rings. The fraction of sp³-hybridized carbons (Fsp3) is 0.412. The van der Waals surface area contributed by atoms with Crippen LogP contribution in [-0.2, 0) is 0 Å². The summed E-state index contributed by atoms with van der Waals surface area (Å²) in [6, 6.07) is 1.98. The highest BCUT2D eigenvalue weighted by molar-refractivity contribution is 5.43. The summed E-state index contributed by atoms with van der Waals surface area (Å²) < 4.78 is 1.61. The van der Waals surface area contributed by atoms with E-state index in [9.17, 15) is 0 Å². The smallest absolute Gasteiger partial charge is 0.225 e. The van der Waals surface area contributed by atoms with Gasteiger partial charge in [-0.05, 0) is 12.0 Å². The Kier molecular flexibility index (Phi) is 4.42. The van der Waals surface area contributed by atoms with Gasteiger partial charge in [0.1, 0.15) is 18.5 Å². The summed E-state index contributed by atoms with van der Waals surface area (Å²) in [7, 11) is 0. The summed E-state index contributed by atoms with van der Waals surface area (Å²) >= 11 is 0. The Hall–Kier alpha value is -3.10. The maximum atomic E-state index is 4.69. The van der Waals surface area contributed by atoms with Crippen LogP contribution in [0.15, 0.2) is 37.3 Å². The third-order valence-electron chi connectivity index (χ3n) is 4.41. The summed E-state index contributed by atoms with van der Waals surface area (Å²) in [6.45, 7) is 7.65. The van der Waals surface area contributed by atoms with Crippen molar-refractivity contribution in [2.75, 3.05) is 36.0 Å². The van der Waals surface area contributed by atoms with Gasteiger partial charge >= 0.3 is 0 Å². The van der Waals surface area contributed by atoms with E-state index in [4.69, 9.17) is 4.98 Å². The van der Waals surface area contributed by atoms with Gasteiger partial charge < -0.3 is 9.80 Å². The second-order valence-electron chi connectivity index (χ2n) is 6.49. The zero-order valence-electron chi connectivity index (χ0n) is 14.9. The maximum absolute atomic E-state index is 4.69. The van der Waals surface area contributed by atoms with Gasteiger partial charge in [0.25, 0.3) is 0 Å². The minimum Gasteiger partial charge on any atom is -0.352 e. The number of hydrogen-bond acceptors (Lipinski definition) is 8. The van der Waals surface area contributed by atoms with Crippen LogP contribution < -0.4 is 9.80 Å². The molecule has 0 atom stereocenters. The number of aromatic nitrogens is 7. The van der Waals surface area contributed by atoms with Gasteiger partial charge in [0.15, 0.2) is 5.82 Å². The first kappa shape index (κ1) is 16.4. The average molecular weight is 351 g/mol. The van der Waals surface area contributed by atoms with Crippen molar-refractivity contribution in [2.45, 2.75) is 19.8 Å². The van der Waals surface area contributed by atoms with Crippen molar-refractivity contribution in [1.29, 1.82) is 0 Å². The lowest BCUT2D eigenvalue weighted by Gasteiger charge is -2.35. The highest BCUT2D eigenvalue weighted by Crippen LogP contribution is 2.18. The Balaban J connectivity index is 1.46. The van der Waals surface area contributed by atoms with E-state index in [0.29, 0.717) is 11.7 Å². The van der Waals surface area contributed by atoms with Gasteiger partial charge in [0.2, 0.25) is 5.95 Å². The third kappa shape index (κ3) is 3.32. The largest absolute Gasteiger partial charge is 0.352 e. The predicted molar refractivity (Wildman–Crippen MR) is 97.5 cm³/mol. The van der Waals surface area contributed by atoms with Crippen LogP contribution in [-0.4, -0.2) is 60.9 Å². The third-order valence-corrected chi connectivity index (χ3v) is 4.41. The molecule has 0 amide bonds. The van der Waals surface area contributed by atoms with E-state index in [1.165, 1.54) is 6.33 Å². The quantitative estimate of drug-likeness (QED) is 0.695. The fourth-order valence-corrected chi connectivity index (χ4v) is 2.91. The van der Waals surface area contributed by atoms with Gasteiger partial charge in [-0.2, -0.15) is 5.10 Å². The minimum absolute atomic E-state index is 0.396.